The number of nitrogens with one attached hydrogen (secondary N) is 1. The summed E-state index contributed by atoms with van der Waals surface area (Å²) in [5.41, 5.74) is 5.92. The van der Waals surface area contributed by atoms with E-state index in [9.17, 15) is 9.59 Å². The molecule has 0 aliphatic carbocycles. The Hall–Kier alpha value is -4.44. The van der Waals surface area contributed by atoms with Gasteiger partial charge in [-0.1, -0.05) is 103 Å². The van der Waals surface area contributed by atoms with Crippen LogP contribution in [-0.4, -0.2) is 11.8 Å². The van der Waals surface area contributed by atoms with Crippen molar-refractivity contribution in [1.82, 2.24) is 5.32 Å². The Bertz CT molecular complexity index is 1350. The van der Waals surface area contributed by atoms with Gasteiger partial charge in [0.05, 0.1) is 19.0 Å². The first-order valence-corrected chi connectivity index (χ1v) is 12.5. The lowest BCUT2D eigenvalue weighted by Crippen LogP contribution is -2.29. The first-order valence-electron chi connectivity index (χ1n) is 12.5. The number of anilines is 1. The van der Waals surface area contributed by atoms with Crippen LogP contribution in [0.25, 0.3) is 6.08 Å². The quantitative estimate of drug-likeness (QED) is 0.268. The summed E-state index contributed by atoms with van der Waals surface area (Å²) in [6.45, 7) is 4.48. The number of amides is 2. The normalized spacial score (nSPS) is 11.7. The van der Waals surface area contributed by atoms with Crippen molar-refractivity contribution in [2.75, 3.05) is 4.90 Å². The van der Waals surface area contributed by atoms with Crippen molar-refractivity contribution in [2.45, 2.75) is 32.9 Å². The molecule has 1 N–H and O–H groups in total. The summed E-state index contributed by atoms with van der Waals surface area (Å²) in [6, 6.07) is 35.4. The Labute approximate surface area is 219 Å². The number of hydrogen-bond acceptors (Lipinski definition) is 2. The number of rotatable bonds is 9. The zero-order valence-electron chi connectivity index (χ0n) is 21.3. The van der Waals surface area contributed by atoms with Gasteiger partial charge in [-0.15, -0.1) is 0 Å². The highest BCUT2D eigenvalue weighted by molar-refractivity contribution is 6.03. The maximum Gasteiger partial charge on any atom is 0.251 e. The van der Waals surface area contributed by atoms with E-state index in [0.29, 0.717) is 6.54 Å². The first-order chi connectivity index (χ1) is 18.0. The van der Waals surface area contributed by atoms with Crippen molar-refractivity contribution in [3.63, 3.8) is 0 Å². The van der Waals surface area contributed by atoms with Crippen LogP contribution in [-0.2, 0) is 22.6 Å². The largest absolute Gasteiger partial charge is 0.349 e. The molecule has 0 aliphatic heterocycles. The Morgan fingerprint density at radius 3 is 2.16 bits per heavy atom. The average molecular weight is 489 g/mol. The highest BCUT2D eigenvalue weighted by atomic mass is 16.2. The second kappa shape index (κ2) is 12.5. The van der Waals surface area contributed by atoms with Crippen LogP contribution < -0.4 is 10.2 Å². The average Bonchev–Trinajstić information content (AvgIpc) is 2.92. The van der Waals surface area contributed by atoms with Gasteiger partial charge in [0.25, 0.3) is 5.91 Å². The van der Waals surface area contributed by atoms with Crippen molar-refractivity contribution in [3.8, 4) is 0 Å². The minimum Gasteiger partial charge on any atom is -0.349 e. The molecule has 0 aliphatic rings. The second-order valence-corrected chi connectivity index (χ2v) is 9.20. The lowest BCUT2D eigenvalue weighted by atomic mass is 10.1. The molecule has 4 heteroatoms. The third-order valence-electron chi connectivity index (χ3n) is 6.20. The number of carbonyl (C=O) groups is 2. The molecule has 0 fully saturated rings. The summed E-state index contributed by atoms with van der Waals surface area (Å²) in [5.74, 6) is -0.143. The number of aryl methyl sites for hydroxylation is 1. The van der Waals surface area contributed by atoms with E-state index in [-0.39, 0.29) is 24.3 Å². The molecule has 2 amide bonds. The standard InChI is InChI=1S/C33H32N2O2/c1-25-10-9-13-29(22-25)24-35(33(37)21-18-27-11-5-3-6-12-27)31-19-16-28(17-20-31)23-32(36)34-26(2)30-14-7-4-8-15-30/h3-22,26H,23-24H2,1-2H3,(H,34,36)/b21-18+/t26-/m0/s1. The summed E-state index contributed by atoms with van der Waals surface area (Å²) in [4.78, 5) is 27.7. The van der Waals surface area contributed by atoms with Gasteiger partial charge in [-0.2, -0.15) is 0 Å². The zero-order valence-corrected chi connectivity index (χ0v) is 21.3. The Kier molecular flexibility index (Phi) is 8.66. The molecule has 186 valence electrons. The maximum absolute atomic E-state index is 13.3. The van der Waals surface area contributed by atoms with Crippen molar-refractivity contribution in [3.05, 3.63) is 143 Å². The molecule has 0 heterocycles. The maximum atomic E-state index is 13.3. The van der Waals surface area contributed by atoms with Gasteiger partial charge in [-0.25, -0.2) is 0 Å². The smallest absolute Gasteiger partial charge is 0.251 e. The summed E-state index contributed by atoms with van der Waals surface area (Å²) < 4.78 is 0. The van der Waals surface area contributed by atoms with E-state index in [0.717, 1.165) is 33.5 Å². The zero-order chi connectivity index (χ0) is 26.0. The highest BCUT2D eigenvalue weighted by Gasteiger charge is 2.15. The van der Waals surface area contributed by atoms with Gasteiger partial charge in [0.15, 0.2) is 0 Å². The molecule has 0 unspecified atom stereocenters. The summed E-state index contributed by atoms with van der Waals surface area (Å²) in [6.07, 6.45) is 3.72. The molecule has 4 nitrogen and oxygen atoms in total. The first kappa shape index (κ1) is 25.6. The van der Waals surface area contributed by atoms with Crippen LogP contribution in [0.2, 0.25) is 0 Å². The van der Waals surface area contributed by atoms with Crippen molar-refractivity contribution in [1.29, 1.82) is 0 Å². The number of carbonyl (C=O) groups excluding carboxylic acids is 2. The fourth-order valence-electron chi connectivity index (χ4n) is 4.21. The van der Waals surface area contributed by atoms with E-state index >= 15 is 0 Å². The third kappa shape index (κ3) is 7.52. The Morgan fingerprint density at radius 1 is 0.811 bits per heavy atom. The number of benzene rings is 4. The van der Waals surface area contributed by atoms with Crippen LogP contribution in [0.4, 0.5) is 5.69 Å². The van der Waals surface area contributed by atoms with Crippen molar-refractivity contribution in [2.24, 2.45) is 0 Å². The van der Waals surface area contributed by atoms with E-state index in [2.05, 4.69) is 11.4 Å². The van der Waals surface area contributed by atoms with Crippen LogP contribution in [0, 0.1) is 6.92 Å². The predicted octanol–water partition coefficient (Wildman–Crippen LogP) is 6.66. The minimum absolute atomic E-state index is 0.0393. The van der Waals surface area contributed by atoms with E-state index in [4.69, 9.17) is 0 Å². The van der Waals surface area contributed by atoms with Crippen LogP contribution in [0.3, 0.4) is 0 Å². The molecular formula is C33H32N2O2. The lowest BCUT2D eigenvalue weighted by Gasteiger charge is -2.22. The Balaban J connectivity index is 1.48. The topological polar surface area (TPSA) is 49.4 Å². The Morgan fingerprint density at radius 2 is 1.49 bits per heavy atom. The van der Waals surface area contributed by atoms with E-state index in [1.807, 2.05) is 123 Å². The highest BCUT2D eigenvalue weighted by Crippen LogP contribution is 2.21. The van der Waals surface area contributed by atoms with Crippen molar-refractivity contribution < 1.29 is 9.59 Å². The van der Waals surface area contributed by atoms with Gasteiger partial charge < -0.3 is 10.2 Å². The SMILES string of the molecule is Cc1cccc(CN(C(=O)/C=C/c2ccccc2)c2ccc(CC(=O)N[C@@H](C)c3ccccc3)cc2)c1. The van der Waals surface area contributed by atoms with Gasteiger partial charge in [0, 0.05) is 11.8 Å². The molecular weight excluding hydrogens is 456 g/mol. The number of nitrogens with zero attached hydrogens (tertiary/aromatic N) is 1. The third-order valence-corrected chi connectivity index (χ3v) is 6.20. The molecule has 37 heavy (non-hydrogen) atoms. The lowest BCUT2D eigenvalue weighted by molar-refractivity contribution is -0.121. The fraction of sp³-hybridized carbons (Fsp3) is 0.152. The molecule has 0 radical (unpaired) electrons. The van der Waals surface area contributed by atoms with Crippen molar-refractivity contribution >= 4 is 23.6 Å². The summed E-state index contributed by atoms with van der Waals surface area (Å²) >= 11 is 0. The molecule has 0 spiro atoms. The van der Waals surface area contributed by atoms with Crippen LogP contribution >= 0.6 is 0 Å². The van der Waals surface area contributed by atoms with Gasteiger partial charge >= 0.3 is 0 Å². The molecule has 0 bridgehead atoms. The van der Waals surface area contributed by atoms with E-state index < -0.39 is 0 Å². The molecule has 0 aromatic heterocycles. The van der Waals surface area contributed by atoms with Crippen LogP contribution in [0.5, 0.6) is 0 Å². The van der Waals surface area contributed by atoms with Gasteiger partial charge in [0.2, 0.25) is 5.91 Å². The van der Waals surface area contributed by atoms with Gasteiger partial charge in [0.1, 0.15) is 0 Å². The monoisotopic (exact) mass is 488 g/mol. The molecule has 4 aromatic rings. The predicted molar refractivity (Wildman–Crippen MR) is 151 cm³/mol. The molecule has 4 rings (SSSR count). The molecule has 0 saturated heterocycles. The summed E-state index contributed by atoms with van der Waals surface area (Å²) in [5, 5.41) is 3.06. The van der Waals surface area contributed by atoms with Gasteiger partial charge in [-0.3, -0.25) is 9.59 Å². The fourth-order valence-corrected chi connectivity index (χ4v) is 4.21. The van der Waals surface area contributed by atoms with E-state index in [1.165, 1.54) is 0 Å². The van der Waals surface area contributed by atoms with E-state index in [1.54, 1.807) is 11.0 Å². The van der Waals surface area contributed by atoms with Crippen LogP contribution in [0.15, 0.2) is 115 Å². The number of hydrogen-bond donors (Lipinski definition) is 1. The van der Waals surface area contributed by atoms with Crippen LogP contribution in [0.1, 0.15) is 40.8 Å². The molecule has 0 saturated carbocycles. The molecule has 4 aromatic carbocycles. The second-order valence-electron chi connectivity index (χ2n) is 9.20. The molecule has 1 atom stereocenters. The summed E-state index contributed by atoms with van der Waals surface area (Å²) in [7, 11) is 0. The van der Waals surface area contributed by atoms with Gasteiger partial charge in [-0.05, 0) is 54.3 Å². The minimum atomic E-state index is -0.104.